The van der Waals surface area contributed by atoms with Crippen LogP contribution in [0.3, 0.4) is 0 Å². The van der Waals surface area contributed by atoms with E-state index in [-0.39, 0.29) is 0 Å². The minimum atomic E-state index is 0.713. The summed E-state index contributed by atoms with van der Waals surface area (Å²) >= 11 is 6.10. The molecule has 0 unspecified atom stereocenters. The molecule has 1 N–H and O–H groups in total. The number of fused-ring (bicyclic) bond motifs is 1. The van der Waals surface area contributed by atoms with Gasteiger partial charge in [-0.15, -0.1) is 0 Å². The minimum Gasteiger partial charge on any atom is -0.369 e. The lowest BCUT2D eigenvalue weighted by molar-refractivity contribution is 0.391. The summed E-state index contributed by atoms with van der Waals surface area (Å²) in [4.78, 5) is 15.0. The molecule has 144 valence electrons. The summed E-state index contributed by atoms with van der Waals surface area (Å²) in [6.45, 7) is 4.00. The summed E-state index contributed by atoms with van der Waals surface area (Å²) in [5, 5.41) is 0.713. The fraction of sp³-hybridized carbons (Fsp3) is 0.381. The average Bonchev–Trinajstić information content (AvgIpc) is 3.04. The van der Waals surface area contributed by atoms with E-state index in [1.807, 2.05) is 18.2 Å². The molecule has 5 nitrogen and oxygen atoms in total. The van der Waals surface area contributed by atoms with Gasteiger partial charge in [-0.3, -0.25) is 0 Å². The predicted molar refractivity (Wildman–Crippen MR) is 116 cm³/mol. The lowest BCUT2D eigenvalue weighted by Crippen LogP contribution is -2.36. The number of nitrogens with zero attached hydrogens (tertiary/aromatic N) is 4. The highest BCUT2D eigenvalue weighted by atomic mass is 35.5. The third kappa shape index (κ3) is 5.22. The number of hydrogen-bond acceptors (Lipinski definition) is 4. The number of aromatic amines is 1. The average molecular weight is 386 g/mol. The maximum absolute atomic E-state index is 6.10. The Morgan fingerprint density at radius 3 is 2.26 bits per heavy atom. The Morgan fingerprint density at radius 2 is 1.59 bits per heavy atom. The van der Waals surface area contributed by atoms with Gasteiger partial charge in [-0.05, 0) is 58.5 Å². The molecule has 0 aliphatic heterocycles. The maximum atomic E-state index is 6.10. The molecule has 0 aliphatic carbocycles. The first-order valence-corrected chi connectivity index (χ1v) is 9.60. The van der Waals surface area contributed by atoms with Crippen molar-refractivity contribution in [1.82, 2.24) is 19.8 Å². The van der Waals surface area contributed by atoms with Crippen LogP contribution in [0.4, 0.5) is 5.69 Å². The van der Waals surface area contributed by atoms with Crippen molar-refractivity contribution in [3.8, 4) is 11.4 Å². The molecule has 0 radical (unpaired) electrons. The van der Waals surface area contributed by atoms with Gasteiger partial charge < -0.3 is 19.7 Å². The molecule has 27 heavy (non-hydrogen) atoms. The maximum Gasteiger partial charge on any atom is 0.138 e. The lowest BCUT2D eigenvalue weighted by Gasteiger charge is -2.28. The first-order valence-electron chi connectivity index (χ1n) is 9.22. The van der Waals surface area contributed by atoms with Gasteiger partial charge in [-0.25, -0.2) is 4.98 Å². The predicted octanol–water partition coefficient (Wildman–Crippen LogP) is 3.81. The number of aromatic nitrogens is 2. The van der Waals surface area contributed by atoms with Gasteiger partial charge in [0, 0.05) is 42.5 Å². The lowest BCUT2D eigenvalue weighted by atomic mass is 10.1. The van der Waals surface area contributed by atoms with Gasteiger partial charge in [0.2, 0.25) is 0 Å². The number of H-pyrrole nitrogens is 1. The zero-order valence-corrected chi connectivity index (χ0v) is 17.3. The van der Waals surface area contributed by atoms with E-state index in [9.17, 15) is 0 Å². The van der Waals surface area contributed by atoms with E-state index >= 15 is 0 Å². The molecular weight excluding hydrogens is 358 g/mol. The summed E-state index contributed by atoms with van der Waals surface area (Å²) in [5.74, 6) is 0.870. The number of halogens is 1. The van der Waals surface area contributed by atoms with Crippen molar-refractivity contribution in [2.75, 3.05) is 59.3 Å². The van der Waals surface area contributed by atoms with E-state index < -0.39 is 0 Å². The number of benzene rings is 2. The van der Waals surface area contributed by atoms with Crippen LogP contribution in [0.5, 0.6) is 0 Å². The minimum absolute atomic E-state index is 0.713. The van der Waals surface area contributed by atoms with Crippen molar-refractivity contribution < 1.29 is 0 Å². The molecule has 1 aromatic heterocycles. The first kappa shape index (κ1) is 19.7. The zero-order chi connectivity index (χ0) is 19.4. The van der Waals surface area contributed by atoms with Gasteiger partial charge in [0.1, 0.15) is 5.82 Å². The fourth-order valence-electron chi connectivity index (χ4n) is 2.98. The van der Waals surface area contributed by atoms with Crippen molar-refractivity contribution in [1.29, 1.82) is 0 Å². The summed E-state index contributed by atoms with van der Waals surface area (Å²) in [6, 6.07) is 14.3. The molecule has 6 heteroatoms. The first-order chi connectivity index (χ1) is 12.9. The topological polar surface area (TPSA) is 38.4 Å². The highest BCUT2D eigenvalue weighted by Crippen LogP contribution is 2.26. The Kier molecular flexibility index (Phi) is 6.37. The molecule has 3 aromatic rings. The van der Waals surface area contributed by atoms with E-state index in [4.69, 9.17) is 16.6 Å². The molecule has 0 atom stereocenters. The summed E-state index contributed by atoms with van der Waals surface area (Å²) < 4.78 is 0. The van der Waals surface area contributed by atoms with Crippen molar-refractivity contribution in [3.05, 3.63) is 47.5 Å². The second-order valence-corrected chi connectivity index (χ2v) is 7.83. The number of imidazole rings is 1. The summed E-state index contributed by atoms with van der Waals surface area (Å²) in [6.07, 6.45) is 0. The van der Waals surface area contributed by atoms with Crippen LogP contribution in [-0.4, -0.2) is 74.1 Å². The Morgan fingerprint density at radius 1 is 0.889 bits per heavy atom. The SMILES string of the molecule is CN(C)CCN(CCN(C)C)c1cccc(-c2nc3ccc(Cl)cc3[nH]2)c1. The van der Waals surface area contributed by atoms with Crippen LogP contribution in [0.25, 0.3) is 22.4 Å². The Labute approximate surface area is 166 Å². The fourth-order valence-corrected chi connectivity index (χ4v) is 3.15. The van der Waals surface area contributed by atoms with Crippen LogP contribution in [0.1, 0.15) is 0 Å². The van der Waals surface area contributed by atoms with E-state index in [2.05, 4.69) is 72.1 Å². The van der Waals surface area contributed by atoms with Crippen LogP contribution in [0.15, 0.2) is 42.5 Å². The van der Waals surface area contributed by atoms with Crippen LogP contribution < -0.4 is 4.90 Å². The van der Waals surface area contributed by atoms with Gasteiger partial charge in [0.15, 0.2) is 0 Å². The Hall–Kier alpha value is -2.08. The standard InChI is InChI=1S/C21H28ClN5/c1-25(2)10-12-27(13-11-26(3)4)18-7-5-6-16(14-18)21-23-19-9-8-17(22)15-20(19)24-21/h5-9,14-15H,10-13H2,1-4H3,(H,23,24). The van der Waals surface area contributed by atoms with Crippen molar-refractivity contribution in [3.63, 3.8) is 0 Å². The third-order valence-corrected chi connectivity index (χ3v) is 4.80. The number of likely N-dealkylation sites (N-methyl/N-ethyl adjacent to an activating group) is 2. The largest absolute Gasteiger partial charge is 0.369 e. The van der Waals surface area contributed by atoms with Crippen LogP contribution in [-0.2, 0) is 0 Å². The van der Waals surface area contributed by atoms with E-state index in [0.29, 0.717) is 5.02 Å². The quantitative estimate of drug-likeness (QED) is 0.639. The molecule has 0 fully saturated rings. The Balaban J connectivity index is 1.88. The number of nitrogens with one attached hydrogen (secondary N) is 1. The van der Waals surface area contributed by atoms with Crippen molar-refractivity contribution in [2.45, 2.75) is 0 Å². The smallest absolute Gasteiger partial charge is 0.138 e. The van der Waals surface area contributed by atoms with E-state index in [0.717, 1.165) is 48.6 Å². The third-order valence-electron chi connectivity index (χ3n) is 4.56. The highest BCUT2D eigenvalue weighted by Gasteiger charge is 2.11. The van der Waals surface area contributed by atoms with Gasteiger partial charge in [-0.1, -0.05) is 23.7 Å². The van der Waals surface area contributed by atoms with Gasteiger partial charge in [0.05, 0.1) is 11.0 Å². The van der Waals surface area contributed by atoms with Gasteiger partial charge >= 0.3 is 0 Å². The molecule has 0 amide bonds. The number of anilines is 1. The van der Waals surface area contributed by atoms with Crippen molar-refractivity contribution in [2.24, 2.45) is 0 Å². The van der Waals surface area contributed by atoms with Crippen molar-refractivity contribution >= 4 is 28.3 Å². The van der Waals surface area contributed by atoms with Crippen LogP contribution in [0.2, 0.25) is 5.02 Å². The molecule has 1 heterocycles. The normalized spacial score (nSPS) is 11.7. The zero-order valence-electron chi connectivity index (χ0n) is 16.5. The summed E-state index contributed by atoms with van der Waals surface area (Å²) in [5.41, 5.74) is 4.19. The molecule has 2 aromatic carbocycles. The molecule has 0 saturated heterocycles. The second-order valence-electron chi connectivity index (χ2n) is 7.39. The van der Waals surface area contributed by atoms with Gasteiger partial charge in [-0.2, -0.15) is 0 Å². The van der Waals surface area contributed by atoms with E-state index in [1.165, 1.54) is 5.69 Å². The van der Waals surface area contributed by atoms with Gasteiger partial charge in [0.25, 0.3) is 0 Å². The molecule has 0 saturated carbocycles. The molecule has 3 rings (SSSR count). The van der Waals surface area contributed by atoms with E-state index in [1.54, 1.807) is 0 Å². The number of rotatable bonds is 8. The van der Waals surface area contributed by atoms with Crippen LogP contribution >= 0.6 is 11.6 Å². The molecule has 0 spiro atoms. The second kappa shape index (κ2) is 8.74. The molecule has 0 bridgehead atoms. The monoisotopic (exact) mass is 385 g/mol. The Bertz CT molecular complexity index is 875. The molecule has 0 aliphatic rings. The number of hydrogen-bond donors (Lipinski definition) is 1. The molecular formula is C21H28ClN5. The van der Waals surface area contributed by atoms with Crippen LogP contribution in [0, 0.1) is 0 Å². The summed E-state index contributed by atoms with van der Waals surface area (Å²) in [7, 11) is 8.44. The highest BCUT2D eigenvalue weighted by molar-refractivity contribution is 6.31.